The van der Waals surface area contributed by atoms with Crippen LogP contribution in [0.1, 0.15) is 10.5 Å². The Morgan fingerprint density at radius 2 is 2.07 bits per heavy atom. The van der Waals surface area contributed by atoms with Crippen LogP contribution in [-0.2, 0) is 0 Å². The lowest BCUT2D eigenvalue weighted by atomic mass is 10.2. The SMILES string of the molecule is COc1ccc(C(=O)C(F)(F)F)nc1. The maximum atomic E-state index is 11.9. The lowest BCUT2D eigenvalue weighted by Gasteiger charge is -2.04. The summed E-state index contributed by atoms with van der Waals surface area (Å²) in [4.78, 5) is 14.0. The number of pyridine rings is 1. The largest absolute Gasteiger partial charge is 0.495 e. The van der Waals surface area contributed by atoms with Gasteiger partial charge in [0.1, 0.15) is 11.4 Å². The van der Waals surface area contributed by atoms with Gasteiger partial charge in [0.15, 0.2) is 0 Å². The highest BCUT2D eigenvalue weighted by Gasteiger charge is 2.40. The van der Waals surface area contributed by atoms with Gasteiger partial charge >= 0.3 is 6.18 Å². The maximum absolute atomic E-state index is 11.9. The number of hydrogen-bond donors (Lipinski definition) is 0. The molecule has 1 heterocycles. The molecular weight excluding hydrogens is 199 g/mol. The molecule has 14 heavy (non-hydrogen) atoms. The molecule has 0 saturated heterocycles. The minimum absolute atomic E-state index is 0.295. The predicted molar refractivity (Wildman–Crippen MR) is 41.2 cm³/mol. The van der Waals surface area contributed by atoms with Gasteiger partial charge in [-0.3, -0.25) is 4.79 Å². The second kappa shape index (κ2) is 3.65. The second-order valence-electron chi connectivity index (χ2n) is 2.41. The first-order chi connectivity index (χ1) is 6.45. The lowest BCUT2D eigenvalue weighted by Crippen LogP contribution is -2.23. The van der Waals surface area contributed by atoms with Crippen LogP contribution in [0.5, 0.6) is 5.75 Å². The molecule has 0 aromatic carbocycles. The van der Waals surface area contributed by atoms with E-state index in [4.69, 9.17) is 0 Å². The molecule has 0 aliphatic carbocycles. The number of rotatable bonds is 2. The van der Waals surface area contributed by atoms with E-state index in [0.29, 0.717) is 5.75 Å². The summed E-state index contributed by atoms with van der Waals surface area (Å²) < 4.78 is 40.4. The van der Waals surface area contributed by atoms with Crippen LogP contribution < -0.4 is 4.74 Å². The highest BCUT2D eigenvalue weighted by atomic mass is 19.4. The minimum atomic E-state index is -4.89. The van der Waals surface area contributed by atoms with E-state index >= 15 is 0 Å². The third kappa shape index (κ3) is 2.21. The van der Waals surface area contributed by atoms with Crippen molar-refractivity contribution in [1.29, 1.82) is 0 Å². The molecule has 0 amide bonds. The topological polar surface area (TPSA) is 39.2 Å². The van der Waals surface area contributed by atoms with Crippen molar-refractivity contribution in [3.05, 3.63) is 24.0 Å². The molecule has 0 aliphatic rings. The second-order valence-corrected chi connectivity index (χ2v) is 2.41. The van der Waals surface area contributed by atoms with E-state index in [1.165, 1.54) is 13.2 Å². The molecule has 0 atom stereocenters. The summed E-state index contributed by atoms with van der Waals surface area (Å²) in [5.74, 6) is -1.66. The highest BCUT2D eigenvalue weighted by Crippen LogP contribution is 2.21. The first-order valence-electron chi connectivity index (χ1n) is 3.56. The zero-order valence-corrected chi connectivity index (χ0v) is 7.13. The monoisotopic (exact) mass is 205 g/mol. The molecule has 0 fully saturated rings. The van der Waals surface area contributed by atoms with E-state index in [9.17, 15) is 18.0 Å². The summed E-state index contributed by atoms with van der Waals surface area (Å²) in [7, 11) is 1.35. The van der Waals surface area contributed by atoms with Crippen molar-refractivity contribution < 1.29 is 22.7 Å². The van der Waals surface area contributed by atoms with E-state index in [1.54, 1.807) is 0 Å². The third-order valence-corrected chi connectivity index (χ3v) is 1.46. The van der Waals surface area contributed by atoms with Crippen LogP contribution in [0.4, 0.5) is 13.2 Å². The number of carbonyl (C=O) groups is 1. The fraction of sp³-hybridized carbons (Fsp3) is 0.250. The molecule has 6 heteroatoms. The van der Waals surface area contributed by atoms with Gasteiger partial charge < -0.3 is 4.74 Å². The Bertz CT molecular complexity index is 331. The van der Waals surface area contributed by atoms with Gasteiger partial charge in [-0.25, -0.2) is 4.98 Å². The zero-order valence-electron chi connectivity index (χ0n) is 7.13. The molecule has 0 N–H and O–H groups in total. The number of aromatic nitrogens is 1. The lowest BCUT2D eigenvalue weighted by molar-refractivity contribution is -0.0888. The summed E-state index contributed by atoms with van der Waals surface area (Å²) in [5.41, 5.74) is -0.640. The Morgan fingerprint density at radius 1 is 1.43 bits per heavy atom. The number of ether oxygens (including phenoxy) is 1. The number of carbonyl (C=O) groups excluding carboxylic acids is 1. The summed E-state index contributed by atoms with van der Waals surface area (Å²) in [6.07, 6.45) is -3.83. The average Bonchev–Trinajstić information content (AvgIpc) is 2.15. The third-order valence-electron chi connectivity index (χ3n) is 1.46. The van der Waals surface area contributed by atoms with Crippen molar-refractivity contribution in [2.24, 2.45) is 0 Å². The molecule has 1 aromatic heterocycles. The van der Waals surface area contributed by atoms with Crippen molar-refractivity contribution in [2.75, 3.05) is 7.11 Å². The van der Waals surface area contributed by atoms with E-state index in [2.05, 4.69) is 9.72 Å². The van der Waals surface area contributed by atoms with Crippen LogP contribution in [0.3, 0.4) is 0 Å². The molecule has 0 saturated carbocycles. The Hall–Kier alpha value is -1.59. The normalized spacial score (nSPS) is 11.1. The molecule has 0 radical (unpaired) electrons. The van der Waals surface area contributed by atoms with Crippen molar-refractivity contribution in [3.63, 3.8) is 0 Å². The molecule has 76 valence electrons. The van der Waals surface area contributed by atoms with E-state index in [0.717, 1.165) is 12.3 Å². The van der Waals surface area contributed by atoms with E-state index in [1.807, 2.05) is 0 Å². The molecule has 0 bridgehead atoms. The van der Waals surface area contributed by atoms with Gasteiger partial charge in [-0.1, -0.05) is 0 Å². The first kappa shape index (κ1) is 10.5. The summed E-state index contributed by atoms with van der Waals surface area (Å²) in [6.45, 7) is 0. The molecule has 0 unspecified atom stereocenters. The highest BCUT2D eigenvalue weighted by molar-refractivity contribution is 5.98. The maximum Gasteiger partial charge on any atom is 0.456 e. The Balaban J connectivity index is 2.93. The van der Waals surface area contributed by atoms with Crippen molar-refractivity contribution in [3.8, 4) is 5.75 Å². The number of hydrogen-bond acceptors (Lipinski definition) is 3. The number of alkyl halides is 3. The summed E-state index contributed by atoms with van der Waals surface area (Å²) in [5, 5.41) is 0. The van der Waals surface area contributed by atoms with Crippen molar-refractivity contribution in [2.45, 2.75) is 6.18 Å². The van der Waals surface area contributed by atoms with Crippen molar-refractivity contribution >= 4 is 5.78 Å². The number of nitrogens with zero attached hydrogens (tertiary/aromatic N) is 1. The predicted octanol–water partition coefficient (Wildman–Crippen LogP) is 1.84. The van der Waals surface area contributed by atoms with Gasteiger partial charge in [-0.05, 0) is 12.1 Å². The Morgan fingerprint density at radius 3 is 2.43 bits per heavy atom. The summed E-state index contributed by atoms with van der Waals surface area (Å²) in [6, 6.07) is 2.21. The Labute approximate surface area is 77.5 Å². The molecule has 0 spiro atoms. The van der Waals surface area contributed by atoms with Gasteiger partial charge in [0, 0.05) is 0 Å². The molecule has 1 aromatic rings. The van der Waals surface area contributed by atoms with Gasteiger partial charge in [0.25, 0.3) is 5.78 Å². The number of methoxy groups -OCH3 is 1. The van der Waals surface area contributed by atoms with Crippen LogP contribution in [0.15, 0.2) is 18.3 Å². The number of Topliss-reactive ketones (excluding diaryl/α,β-unsaturated/α-hetero) is 1. The van der Waals surface area contributed by atoms with Gasteiger partial charge in [-0.15, -0.1) is 0 Å². The standard InChI is InChI=1S/C8H6F3NO2/c1-14-5-2-3-6(12-4-5)7(13)8(9,10)11/h2-4H,1H3. The number of halogens is 3. The van der Waals surface area contributed by atoms with Gasteiger partial charge in [0.05, 0.1) is 13.3 Å². The fourth-order valence-electron chi connectivity index (χ4n) is 0.781. The van der Waals surface area contributed by atoms with Crippen LogP contribution in [0.25, 0.3) is 0 Å². The zero-order chi connectivity index (χ0) is 10.8. The van der Waals surface area contributed by atoms with E-state index < -0.39 is 17.7 Å². The van der Waals surface area contributed by atoms with Gasteiger partial charge in [-0.2, -0.15) is 13.2 Å². The van der Waals surface area contributed by atoms with E-state index in [-0.39, 0.29) is 0 Å². The van der Waals surface area contributed by atoms with Crippen LogP contribution in [0, 0.1) is 0 Å². The summed E-state index contributed by atoms with van der Waals surface area (Å²) >= 11 is 0. The fourth-order valence-corrected chi connectivity index (χ4v) is 0.781. The van der Waals surface area contributed by atoms with Crippen LogP contribution in [-0.4, -0.2) is 24.1 Å². The first-order valence-corrected chi connectivity index (χ1v) is 3.56. The van der Waals surface area contributed by atoms with Crippen molar-refractivity contribution in [1.82, 2.24) is 4.98 Å². The molecule has 1 rings (SSSR count). The minimum Gasteiger partial charge on any atom is -0.495 e. The molecule has 3 nitrogen and oxygen atoms in total. The van der Waals surface area contributed by atoms with Gasteiger partial charge in [0.2, 0.25) is 0 Å². The molecule has 0 aliphatic heterocycles. The Kier molecular flexibility index (Phi) is 2.73. The quantitative estimate of drug-likeness (QED) is 0.691. The molecular formula is C8H6F3NO2. The van der Waals surface area contributed by atoms with Crippen LogP contribution in [0.2, 0.25) is 0 Å². The smallest absolute Gasteiger partial charge is 0.456 e. The average molecular weight is 205 g/mol. The van der Waals surface area contributed by atoms with Crippen LogP contribution >= 0.6 is 0 Å². The number of ketones is 1.